The fourth-order valence-corrected chi connectivity index (χ4v) is 1.07. The molecule has 0 radical (unpaired) electrons. The molecule has 1 atom stereocenters. The van der Waals surface area contributed by atoms with Crippen LogP contribution in [0.3, 0.4) is 0 Å². The molecule has 0 bridgehead atoms. The van der Waals surface area contributed by atoms with Gasteiger partial charge in [0, 0.05) is 0 Å². The molecular formula is C10H14O. The minimum Gasteiger partial charge on any atom is -0.389 e. The fraction of sp³-hybridized carbons (Fsp3) is 0.400. The number of aliphatic hydroxyl groups excluding tert-OH is 1. The van der Waals surface area contributed by atoms with Gasteiger partial charge in [-0.25, -0.2) is 0 Å². The summed E-state index contributed by atoms with van der Waals surface area (Å²) in [5.74, 6) is 0. The number of rotatable bonds is 2. The summed E-state index contributed by atoms with van der Waals surface area (Å²) in [6, 6.07) is 8.06. The molecule has 0 amide bonds. The highest BCUT2D eigenvalue weighted by Gasteiger charge is 1.99. The summed E-state index contributed by atoms with van der Waals surface area (Å²) in [6.07, 6.45) is 0.682. The highest BCUT2D eigenvalue weighted by Crippen LogP contribution is 2.13. The van der Waals surface area contributed by atoms with Gasteiger partial charge in [-0.1, -0.05) is 31.2 Å². The van der Waals surface area contributed by atoms with Gasteiger partial charge in [0.15, 0.2) is 0 Å². The van der Waals surface area contributed by atoms with Crippen molar-refractivity contribution in [1.82, 2.24) is 0 Å². The summed E-state index contributed by atoms with van der Waals surface area (Å²) in [5.41, 5.74) is 2.28. The predicted octanol–water partition coefficient (Wildman–Crippen LogP) is 2.30. The largest absolute Gasteiger partial charge is 0.389 e. The molecule has 0 spiro atoms. The van der Waals surface area contributed by atoms with E-state index in [1.807, 2.05) is 18.2 Å². The van der Waals surface area contributed by atoms with Gasteiger partial charge in [0.2, 0.25) is 0 Å². The minimum absolute atomic E-state index is 0.346. The predicted molar refractivity (Wildman–Crippen MR) is 46.5 cm³/mol. The van der Waals surface area contributed by atoms with Gasteiger partial charge in [0.1, 0.15) is 0 Å². The van der Waals surface area contributed by atoms with E-state index in [1.165, 1.54) is 5.56 Å². The quantitative estimate of drug-likeness (QED) is 0.685. The molecule has 0 aliphatic carbocycles. The van der Waals surface area contributed by atoms with Crippen molar-refractivity contribution >= 4 is 0 Å². The lowest BCUT2D eigenvalue weighted by molar-refractivity contribution is 0.199. The third kappa shape index (κ3) is 2.05. The number of hydrogen-bond donors (Lipinski definition) is 1. The first-order chi connectivity index (χ1) is 5.24. The molecule has 1 nitrogen and oxygen atoms in total. The second-order valence-corrected chi connectivity index (χ2v) is 2.77. The second-order valence-electron chi connectivity index (χ2n) is 2.77. The topological polar surface area (TPSA) is 20.2 Å². The van der Waals surface area contributed by atoms with E-state index in [1.54, 1.807) is 6.92 Å². The molecule has 1 rings (SSSR count). The Morgan fingerprint density at radius 1 is 1.45 bits per heavy atom. The lowest BCUT2D eigenvalue weighted by Crippen LogP contribution is -1.91. The van der Waals surface area contributed by atoms with Crippen LogP contribution in [-0.4, -0.2) is 5.11 Å². The van der Waals surface area contributed by atoms with Gasteiger partial charge in [-0.3, -0.25) is 0 Å². The van der Waals surface area contributed by atoms with Crippen molar-refractivity contribution in [1.29, 1.82) is 0 Å². The van der Waals surface area contributed by atoms with Crippen molar-refractivity contribution in [3.05, 3.63) is 35.4 Å². The maximum Gasteiger partial charge on any atom is 0.0762 e. The molecule has 0 saturated carbocycles. The molecule has 11 heavy (non-hydrogen) atoms. The zero-order chi connectivity index (χ0) is 8.27. The summed E-state index contributed by atoms with van der Waals surface area (Å²) in [7, 11) is 0. The summed E-state index contributed by atoms with van der Waals surface area (Å²) in [5, 5.41) is 9.24. The van der Waals surface area contributed by atoms with Crippen LogP contribution >= 0.6 is 0 Å². The van der Waals surface area contributed by atoms with Crippen molar-refractivity contribution in [3.63, 3.8) is 0 Å². The average Bonchev–Trinajstić information content (AvgIpc) is 2.05. The van der Waals surface area contributed by atoms with Crippen LogP contribution in [0.1, 0.15) is 31.1 Å². The second kappa shape index (κ2) is 3.54. The normalized spacial score (nSPS) is 13.0. The summed E-state index contributed by atoms with van der Waals surface area (Å²) in [6.45, 7) is 3.90. The Bertz CT molecular complexity index is 228. The van der Waals surface area contributed by atoms with Crippen LogP contribution in [0, 0.1) is 0 Å². The Balaban J connectivity index is 2.91. The summed E-state index contributed by atoms with van der Waals surface area (Å²) >= 11 is 0. The van der Waals surface area contributed by atoms with Crippen LogP contribution in [0.4, 0.5) is 0 Å². The molecule has 1 aromatic rings. The van der Waals surface area contributed by atoms with Crippen LogP contribution in [0.2, 0.25) is 0 Å². The van der Waals surface area contributed by atoms with Crippen LogP contribution in [-0.2, 0) is 6.42 Å². The fourth-order valence-electron chi connectivity index (χ4n) is 1.07. The van der Waals surface area contributed by atoms with E-state index in [2.05, 4.69) is 13.0 Å². The lowest BCUT2D eigenvalue weighted by Gasteiger charge is -2.05. The van der Waals surface area contributed by atoms with Gasteiger partial charge < -0.3 is 5.11 Å². The molecule has 1 unspecified atom stereocenters. The molecule has 0 fully saturated rings. The van der Waals surface area contributed by atoms with Gasteiger partial charge in [-0.2, -0.15) is 0 Å². The Morgan fingerprint density at radius 3 is 2.73 bits per heavy atom. The lowest BCUT2D eigenvalue weighted by atomic mass is 10.1. The molecule has 1 heteroatoms. The van der Waals surface area contributed by atoms with E-state index in [0.717, 1.165) is 12.0 Å². The molecule has 0 heterocycles. The third-order valence-corrected chi connectivity index (χ3v) is 1.84. The summed E-state index contributed by atoms with van der Waals surface area (Å²) in [4.78, 5) is 0. The van der Waals surface area contributed by atoms with E-state index in [9.17, 15) is 5.11 Å². The van der Waals surface area contributed by atoms with E-state index in [-0.39, 0.29) is 6.10 Å². The molecule has 60 valence electrons. The van der Waals surface area contributed by atoms with Crippen molar-refractivity contribution in [2.75, 3.05) is 0 Å². The molecule has 0 aliphatic heterocycles. The Labute approximate surface area is 67.7 Å². The SMILES string of the molecule is CCc1cccc(C(C)O)c1. The number of benzene rings is 1. The highest BCUT2D eigenvalue weighted by atomic mass is 16.3. The number of aliphatic hydroxyl groups is 1. The van der Waals surface area contributed by atoms with Gasteiger partial charge >= 0.3 is 0 Å². The van der Waals surface area contributed by atoms with Gasteiger partial charge in [0.25, 0.3) is 0 Å². The molecule has 1 aromatic carbocycles. The van der Waals surface area contributed by atoms with Crippen LogP contribution in [0.25, 0.3) is 0 Å². The maximum absolute atomic E-state index is 9.24. The Kier molecular flexibility index (Phi) is 2.66. The molecule has 1 N–H and O–H groups in total. The van der Waals surface area contributed by atoms with Gasteiger partial charge in [-0.15, -0.1) is 0 Å². The molecule has 0 aromatic heterocycles. The van der Waals surface area contributed by atoms with Crippen molar-refractivity contribution < 1.29 is 5.11 Å². The number of hydrogen-bond acceptors (Lipinski definition) is 1. The zero-order valence-electron chi connectivity index (χ0n) is 7.04. The Morgan fingerprint density at radius 2 is 2.18 bits per heavy atom. The summed E-state index contributed by atoms with van der Waals surface area (Å²) < 4.78 is 0. The van der Waals surface area contributed by atoms with Gasteiger partial charge in [0.05, 0.1) is 6.10 Å². The average molecular weight is 150 g/mol. The molecular weight excluding hydrogens is 136 g/mol. The van der Waals surface area contributed by atoms with Crippen LogP contribution < -0.4 is 0 Å². The standard InChI is InChI=1S/C10H14O/c1-3-9-5-4-6-10(7-9)8(2)11/h4-8,11H,3H2,1-2H3. The van der Waals surface area contributed by atoms with Crippen LogP contribution in [0.5, 0.6) is 0 Å². The van der Waals surface area contributed by atoms with E-state index < -0.39 is 0 Å². The van der Waals surface area contributed by atoms with Crippen molar-refractivity contribution in [2.45, 2.75) is 26.4 Å². The molecule has 0 saturated heterocycles. The maximum atomic E-state index is 9.24. The monoisotopic (exact) mass is 150 g/mol. The zero-order valence-corrected chi connectivity index (χ0v) is 7.04. The smallest absolute Gasteiger partial charge is 0.0762 e. The van der Waals surface area contributed by atoms with E-state index in [4.69, 9.17) is 0 Å². The first kappa shape index (κ1) is 8.28. The number of aryl methyl sites for hydroxylation is 1. The minimum atomic E-state index is -0.346. The first-order valence-corrected chi connectivity index (χ1v) is 4.01. The van der Waals surface area contributed by atoms with Crippen molar-refractivity contribution in [3.8, 4) is 0 Å². The van der Waals surface area contributed by atoms with Crippen LogP contribution in [0.15, 0.2) is 24.3 Å². The first-order valence-electron chi connectivity index (χ1n) is 4.01. The van der Waals surface area contributed by atoms with Gasteiger partial charge in [-0.05, 0) is 24.5 Å². The van der Waals surface area contributed by atoms with Crippen molar-refractivity contribution in [2.24, 2.45) is 0 Å². The molecule has 0 aliphatic rings. The third-order valence-electron chi connectivity index (χ3n) is 1.84. The van der Waals surface area contributed by atoms with E-state index >= 15 is 0 Å². The highest BCUT2D eigenvalue weighted by molar-refractivity contribution is 5.24. The Hall–Kier alpha value is -0.820. The van der Waals surface area contributed by atoms with E-state index in [0.29, 0.717) is 0 Å².